The van der Waals surface area contributed by atoms with E-state index in [-0.39, 0.29) is 5.82 Å². The summed E-state index contributed by atoms with van der Waals surface area (Å²) in [4.78, 5) is 11.4. The number of halogens is 4. The van der Waals surface area contributed by atoms with E-state index in [1.54, 1.807) is 12.1 Å². The number of hydrogen-bond donors (Lipinski definition) is 1. The third-order valence-electron chi connectivity index (χ3n) is 4.55. The molecule has 1 aromatic carbocycles. The van der Waals surface area contributed by atoms with Gasteiger partial charge in [0.05, 0.1) is 6.20 Å². The van der Waals surface area contributed by atoms with Crippen molar-refractivity contribution in [3.8, 4) is 0 Å². The second-order valence-electron chi connectivity index (χ2n) is 6.88. The lowest BCUT2D eigenvalue weighted by Gasteiger charge is -2.31. The highest BCUT2D eigenvalue weighted by atomic mass is 19.4. The lowest BCUT2D eigenvalue weighted by molar-refractivity contribution is -0.192. The molecule has 1 aromatic heterocycles. The highest BCUT2D eigenvalue weighted by molar-refractivity contribution is 5.73. The Hall–Kier alpha value is -2.42. The number of piperidine rings is 1. The van der Waals surface area contributed by atoms with Gasteiger partial charge < -0.3 is 5.11 Å². The van der Waals surface area contributed by atoms with Crippen LogP contribution in [0, 0.1) is 11.7 Å². The lowest BCUT2D eigenvalue weighted by Crippen LogP contribution is -2.33. The van der Waals surface area contributed by atoms with E-state index in [9.17, 15) is 17.6 Å². The molecular weight excluding hydrogens is 378 g/mol. The maximum Gasteiger partial charge on any atom is 0.490 e. The summed E-state index contributed by atoms with van der Waals surface area (Å²) in [5.74, 6) is -2.18. The Labute approximate surface area is 160 Å². The number of rotatable bonds is 4. The van der Waals surface area contributed by atoms with Gasteiger partial charge in [-0.1, -0.05) is 12.1 Å². The molecule has 5 nitrogen and oxygen atoms in total. The van der Waals surface area contributed by atoms with E-state index in [0.717, 1.165) is 32.0 Å². The van der Waals surface area contributed by atoms with Crippen molar-refractivity contribution in [1.29, 1.82) is 0 Å². The van der Waals surface area contributed by atoms with Crippen molar-refractivity contribution in [2.75, 3.05) is 13.1 Å². The van der Waals surface area contributed by atoms with E-state index < -0.39 is 12.1 Å². The molecule has 0 atom stereocenters. The maximum absolute atomic E-state index is 12.9. The van der Waals surface area contributed by atoms with Crippen LogP contribution in [0.3, 0.4) is 0 Å². The zero-order chi connectivity index (χ0) is 20.7. The molecule has 2 heterocycles. The second-order valence-corrected chi connectivity index (χ2v) is 6.88. The number of alkyl halides is 3. The molecule has 0 radical (unpaired) electrons. The lowest BCUT2D eigenvalue weighted by atomic mass is 9.90. The number of aromatic nitrogens is 2. The van der Waals surface area contributed by atoms with E-state index >= 15 is 0 Å². The van der Waals surface area contributed by atoms with Crippen molar-refractivity contribution in [3.05, 3.63) is 53.6 Å². The van der Waals surface area contributed by atoms with Gasteiger partial charge >= 0.3 is 12.1 Å². The molecule has 0 unspecified atom stereocenters. The van der Waals surface area contributed by atoms with E-state index in [4.69, 9.17) is 9.90 Å². The van der Waals surface area contributed by atoms with Crippen LogP contribution in [0.4, 0.5) is 17.6 Å². The molecular formula is C19H23F4N3O2. The van der Waals surface area contributed by atoms with Crippen LogP contribution in [-0.4, -0.2) is 45.0 Å². The SMILES string of the molecule is Cn1cc(CN2CCC(Cc3ccc(F)cc3)CC2)cn1.O=C(O)C(F)(F)F. The van der Waals surface area contributed by atoms with Gasteiger partial charge in [0.1, 0.15) is 5.82 Å². The molecule has 0 amide bonds. The molecule has 0 spiro atoms. The van der Waals surface area contributed by atoms with Crippen LogP contribution >= 0.6 is 0 Å². The smallest absolute Gasteiger partial charge is 0.475 e. The van der Waals surface area contributed by atoms with Gasteiger partial charge in [-0.3, -0.25) is 9.58 Å². The first-order valence-corrected chi connectivity index (χ1v) is 8.88. The summed E-state index contributed by atoms with van der Waals surface area (Å²) in [6, 6.07) is 6.95. The Morgan fingerprint density at radius 2 is 1.75 bits per heavy atom. The molecule has 0 aliphatic carbocycles. The molecule has 1 fully saturated rings. The molecule has 9 heteroatoms. The molecule has 2 aromatic rings. The number of carboxylic acid groups (broad SMARTS) is 1. The molecule has 3 rings (SSSR count). The average Bonchev–Trinajstić information content (AvgIpc) is 3.03. The fourth-order valence-corrected chi connectivity index (χ4v) is 3.11. The summed E-state index contributed by atoms with van der Waals surface area (Å²) >= 11 is 0. The molecule has 0 bridgehead atoms. The average molecular weight is 401 g/mol. The Kier molecular flexibility index (Phi) is 7.56. The maximum atomic E-state index is 12.9. The van der Waals surface area contributed by atoms with Gasteiger partial charge in [-0.05, 0) is 56.0 Å². The van der Waals surface area contributed by atoms with E-state index in [1.807, 2.05) is 30.1 Å². The van der Waals surface area contributed by atoms with Gasteiger partial charge in [0.2, 0.25) is 0 Å². The number of hydrogen-bond acceptors (Lipinski definition) is 3. The molecule has 1 N–H and O–H groups in total. The van der Waals surface area contributed by atoms with Crippen molar-refractivity contribution >= 4 is 5.97 Å². The Morgan fingerprint density at radius 3 is 2.21 bits per heavy atom. The highest BCUT2D eigenvalue weighted by Crippen LogP contribution is 2.23. The molecule has 28 heavy (non-hydrogen) atoms. The van der Waals surface area contributed by atoms with Crippen LogP contribution in [0.5, 0.6) is 0 Å². The van der Waals surface area contributed by atoms with Gasteiger partial charge in [0, 0.05) is 25.4 Å². The van der Waals surface area contributed by atoms with Crippen LogP contribution in [-0.2, 0) is 24.8 Å². The third kappa shape index (κ3) is 7.30. The largest absolute Gasteiger partial charge is 0.490 e. The van der Waals surface area contributed by atoms with Crippen molar-refractivity contribution in [3.63, 3.8) is 0 Å². The van der Waals surface area contributed by atoms with Crippen LogP contribution in [0.2, 0.25) is 0 Å². The monoisotopic (exact) mass is 401 g/mol. The number of carboxylic acids is 1. The van der Waals surface area contributed by atoms with Crippen molar-refractivity contribution < 1.29 is 27.5 Å². The Bertz CT molecular complexity index is 751. The minimum absolute atomic E-state index is 0.148. The number of nitrogens with zero attached hydrogens (tertiary/aromatic N) is 3. The zero-order valence-corrected chi connectivity index (χ0v) is 15.5. The number of aryl methyl sites for hydroxylation is 1. The summed E-state index contributed by atoms with van der Waals surface area (Å²) < 4.78 is 46.5. The van der Waals surface area contributed by atoms with Gasteiger partial charge in [-0.2, -0.15) is 18.3 Å². The first-order chi connectivity index (χ1) is 13.1. The topological polar surface area (TPSA) is 58.4 Å². The van der Waals surface area contributed by atoms with Crippen LogP contribution in [0.15, 0.2) is 36.7 Å². The minimum Gasteiger partial charge on any atom is -0.475 e. The van der Waals surface area contributed by atoms with E-state index in [1.165, 1.54) is 24.0 Å². The molecule has 1 saturated heterocycles. The molecule has 1 aliphatic heterocycles. The van der Waals surface area contributed by atoms with Gasteiger partial charge in [-0.25, -0.2) is 9.18 Å². The van der Waals surface area contributed by atoms with Crippen LogP contribution in [0.1, 0.15) is 24.0 Å². The summed E-state index contributed by atoms with van der Waals surface area (Å²) in [6.07, 6.45) is 2.46. The fraction of sp³-hybridized carbons (Fsp3) is 0.474. The van der Waals surface area contributed by atoms with Crippen molar-refractivity contribution in [2.24, 2.45) is 13.0 Å². The first kappa shape index (κ1) is 21.9. The standard InChI is InChI=1S/C17H22FN3.C2HF3O2/c1-20-12-16(11-19-20)13-21-8-6-15(7-9-21)10-14-2-4-17(18)5-3-14;3-2(4,5)1(6)7/h2-5,11-12,15H,6-10,13H2,1H3;(H,6,7). The van der Waals surface area contributed by atoms with Gasteiger partial charge in [0.15, 0.2) is 0 Å². The summed E-state index contributed by atoms with van der Waals surface area (Å²) in [7, 11) is 1.96. The van der Waals surface area contributed by atoms with Crippen LogP contribution in [0.25, 0.3) is 0 Å². The number of benzene rings is 1. The van der Waals surface area contributed by atoms with Gasteiger partial charge in [-0.15, -0.1) is 0 Å². The summed E-state index contributed by atoms with van der Waals surface area (Å²) in [6.45, 7) is 3.28. The predicted octanol–water partition coefficient (Wildman–Crippen LogP) is 3.65. The van der Waals surface area contributed by atoms with Crippen molar-refractivity contribution in [2.45, 2.75) is 32.0 Å². The Balaban J connectivity index is 0.000000345. The molecule has 0 saturated carbocycles. The number of carbonyl (C=O) groups is 1. The van der Waals surface area contributed by atoms with Crippen LogP contribution < -0.4 is 0 Å². The molecule has 1 aliphatic rings. The predicted molar refractivity (Wildman–Crippen MR) is 95.0 cm³/mol. The Morgan fingerprint density at radius 1 is 1.18 bits per heavy atom. The normalized spacial score (nSPS) is 15.8. The minimum atomic E-state index is -5.08. The van der Waals surface area contributed by atoms with Gasteiger partial charge in [0.25, 0.3) is 0 Å². The third-order valence-corrected chi connectivity index (χ3v) is 4.55. The highest BCUT2D eigenvalue weighted by Gasteiger charge is 2.38. The first-order valence-electron chi connectivity index (χ1n) is 8.88. The summed E-state index contributed by atoms with van der Waals surface area (Å²) in [5.41, 5.74) is 2.54. The van der Waals surface area contributed by atoms with Crippen molar-refractivity contribution in [1.82, 2.24) is 14.7 Å². The second kappa shape index (κ2) is 9.68. The summed E-state index contributed by atoms with van der Waals surface area (Å²) in [5, 5.41) is 11.3. The molecule has 154 valence electrons. The van der Waals surface area contributed by atoms with E-state index in [2.05, 4.69) is 16.2 Å². The number of likely N-dealkylation sites (tertiary alicyclic amines) is 1. The quantitative estimate of drug-likeness (QED) is 0.795. The fourth-order valence-electron chi connectivity index (χ4n) is 3.11. The number of aliphatic carboxylic acids is 1. The van der Waals surface area contributed by atoms with E-state index in [0.29, 0.717) is 0 Å². The zero-order valence-electron chi connectivity index (χ0n) is 15.5.